The van der Waals surface area contributed by atoms with Gasteiger partial charge in [0.25, 0.3) is 5.91 Å². The van der Waals surface area contributed by atoms with Gasteiger partial charge in [-0.1, -0.05) is 29.8 Å². The van der Waals surface area contributed by atoms with E-state index < -0.39 is 0 Å². The molecule has 5 heteroatoms. The van der Waals surface area contributed by atoms with Gasteiger partial charge in [-0.15, -0.1) is 0 Å². The molecule has 20 heavy (non-hydrogen) atoms. The SMILES string of the molecule is Cc1ccc(C(=O)N2CCC(C)(/C(N)=N/O)CC2)cc1. The van der Waals surface area contributed by atoms with E-state index in [4.69, 9.17) is 10.9 Å². The smallest absolute Gasteiger partial charge is 0.253 e. The molecule has 5 nitrogen and oxygen atoms in total. The Balaban J connectivity index is 2.04. The van der Waals surface area contributed by atoms with Gasteiger partial charge in [0.05, 0.1) is 0 Å². The molecule has 1 aliphatic heterocycles. The maximum atomic E-state index is 12.4. The molecule has 108 valence electrons. The number of hydrogen-bond donors (Lipinski definition) is 2. The average Bonchev–Trinajstić information content (AvgIpc) is 2.47. The molecule has 0 unspecified atom stereocenters. The highest BCUT2D eigenvalue weighted by Gasteiger charge is 2.35. The summed E-state index contributed by atoms with van der Waals surface area (Å²) in [5.74, 6) is 0.298. The second-order valence-corrected chi connectivity index (χ2v) is 5.70. The van der Waals surface area contributed by atoms with E-state index in [0.717, 1.165) is 5.56 Å². The Bertz CT molecular complexity index is 514. The maximum Gasteiger partial charge on any atom is 0.253 e. The van der Waals surface area contributed by atoms with Crippen molar-refractivity contribution in [2.45, 2.75) is 26.7 Å². The van der Waals surface area contributed by atoms with E-state index >= 15 is 0 Å². The first-order valence-electron chi connectivity index (χ1n) is 6.80. The Hall–Kier alpha value is -2.04. The van der Waals surface area contributed by atoms with Gasteiger partial charge in [0.2, 0.25) is 0 Å². The minimum absolute atomic E-state index is 0.0477. The lowest BCUT2D eigenvalue weighted by molar-refractivity contribution is 0.0666. The summed E-state index contributed by atoms with van der Waals surface area (Å²) in [6.45, 7) is 5.21. The van der Waals surface area contributed by atoms with Crippen LogP contribution in [0.5, 0.6) is 0 Å². The van der Waals surface area contributed by atoms with E-state index in [2.05, 4.69) is 5.16 Å². The zero-order valence-electron chi connectivity index (χ0n) is 12.0. The van der Waals surface area contributed by atoms with Gasteiger partial charge >= 0.3 is 0 Å². The molecule has 0 aliphatic carbocycles. The van der Waals surface area contributed by atoms with E-state index in [0.29, 0.717) is 31.5 Å². The predicted octanol–water partition coefficient (Wildman–Crippen LogP) is 1.98. The molecule has 1 aliphatic rings. The highest BCUT2D eigenvalue weighted by molar-refractivity contribution is 5.94. The second kappa shape index (κ2) is 5.53. The molecule has 1 fully saturated rings. The zero-order valence-corrected chi connectivity index (χ0v) is 12.0. The predicted molar refractivity (Wildman–Crippen MR) is 77.8 cm³/mol. The molecule has 3 N–H and O–H groups in total. The van der Waals surface area contributed by atoms with Gasteiger partial charge in [0.1, 0.15) is 5.84 Å². The number of benzene rings is 1. The Labute approximate surface area is 119 Å². The molecule has 0 bridgehead atoms. The molecule has 0 spiro atoms. The van der Waals surface area contributed by atoms with Crippen molar-refractivity contribution in [3.8, 4) is 0 Å². The topological polar surface area (TPSA) is 78.9 Å². The summed E-state index contributed by atoms with van der Waals surface area (Å²) in [4.78, 5) is 14.2. The van der Waals surface area contributed by atoms with E-state index in [9.17, 15) is 4.79 Å². The van der Waals surface area contributed by atoms with Crippen molar-refractivity contribution in [2.24, 2.45) is 16.3 Å². The van der Waals surface area contributed by atoms with Crippen molar-refractivity contribution in [1.29, 1.82) is 0 Å². The molecule has 1 amide bonds. The summed E-state index contributed by atoms with van der Waals surface area (Å²) in [6, 6.07) is 7.60. The average molecular weight is 275 g/mol. The van der Waals surface area contributed by atoms with Crippen LogP contribution in [-0.2, 0) is 0 Å². The summed E-state index contributed by atoms with van der Waals surface area (Å²) in [7, 11) is 0. The van der Waals surface area contributed by atoms with Crippen LogP contribution in [0.15, 0.2) is 29.4 Å². The van der Waals surface area contributed by atoms with Crippen LogP contribution in [0.3, 0.4) is 0 Å². The first-order chi connectivity index (χ1) is 9.46. The lowest BCUT2D eigenvalue weighted by atomic mass is 9.79. The minimum atomic E-state index is -0.321. The third-order valence-electron chi connectivity index (χ3n) is 4.18. The number of likely N-dealkylation sites (tertiary alicyclic amines) is 1. The van der Waals surface area contributed by atoms with Crippen molar-refractivity contribution in [2.75, 3.05) is 13.1 Å². The maximum absolute atomic E-state index is 12.4. The lowest BCUT2D eigenvalue weighted by Crippen LogP contribution is -2.47. The molecular weight excluding hydrogens is 254 g/mol. The summed E-state index contributed by atoms with van der Waals surface area (Å²) in [5.41, 5.74) is 7.26. The summed E-state index contributed by atoms with van der Waals surface area (Å²) < 4.78 is 0. The van der Waals surface area contributed by atoms with Crippen LogP contribution >= 0.6 is 0 Å². The molecule has 0 saturated carbocycles. The number of nitrogens with two attached hydrogens (primary N) is 1. The van der Waals surface area contributed by atoms with Crippen LogP contribution in [0, 0.1) is 12.3 Å². The summed E-state index contributed by atoms with van der Waals surface area (Å²) in [6.07, 6.45) is 1.42. The van der Waals surface area contributed by atoms with Crippen molar-refractivity contribution < 1.29 is 10.0 Å². The fourth-order valence-corrected chi connectivity index (χ4v) is 2.46. The molecule has 1 saturated heterocycles. The Morgan fingerprint density at radius 3 is 2.35 bits per heavy atom. The number of hydrogen-bond acceptors (Lipinski definition) is 3. The third kappa shape index (κ3) is 2.76. The number of piperidine rings is 1. The number of amidine groups is 1. The first kappa shape index (κ1) is 14.4. The van der Waals surface area contributed by atoms with Gasteiger partial charge in [-0.05, 0) is 31.9 Å². The van der Waals surface area contributed by atoms with Crippen molar-refractivity contribution >= 4 is 11.7 Å². The van der Waals surface area contributed by atoms with Gasteiger partial charge in [-0.25, -0.2) is 0 Å². The van der Waals surface area contributed by atoms with Gasteiger partial charge in [-0.2, -0.15) is 0 Å². The monoisotopic (exact) mass is 275 g/mol. The van der Waals surface area contributed by atoms with E-state index in [-0.39, 0.29) is 17.2 Å². The van der Waals surface area contributed by atoms with Crippen LogP contribution < -0.4 is 5.73 Å². The number of aryl methyl sites for hydroxylation is 1. The molecule has 0 aromatic heterocycles. The molecule has 0 atom stereocenters. The highest BCUT2D eigenvalue weighted by atomic mass is 16.4. The lowest BCUT2D eigenvalue weighted by Gasteiger charge is -2.38. The molecule has 1 aromatic carbocycles. The van der Waals surface area contributed by atoms with Crippen molar-refractivity contribution in [1.82, 2.24) is 4.90 Å². The largest absolute Gasteiger partial charge is 0.409 e. The fraction of sp³-hybridized carbons (Fsp3) is 0.467. The molecule has 1 heterocycles. The van der Waals surface area contributed by atoms with E-state index in [1.807, 2.05) is 43.0 Å². The fourth-order valence-electron chi connectivity index (χ4n) is 2.46. The van der Waals surface area contributed by atoms with Gasteiger partial charge in [-0.3, -0.25) is 4.79 Å². The van der Waals surface area contributed by atoms with Crippen LogP contribution in [0.2, 0.25) is 0 Å². The number of amides is 1. The van der Waals surface area contributed by atoms with Gasteiger partial charge in [0.15, 0.2) is 0 Å². The van der Waals surface area contributed by atoms with Gasteiger partial charge in [0, 0.05) is 24.1 Å². The Kier molecular flexibility index (Phi) is 3.97. The first-order valence-corrected chi connectivity index (χ1v) is 6.80. The molecule has 1 aromatic rings. The van der Waals surface area contributed by atoms with Crippen molar-refractivity contribution in [3.63, 3.8) is 0 Å². The third-order valence-corrected chi connectivity index (χ3v) is 4.18. The number of rotatable bonds is 2. The quantitative estimate of drug-likeness (QED) is 0.375. The number of nitrogens with zero attached hydrogens (tertiary/aromatic N) is 2. The standard InChI is InChI=1S/C15H21N3O2/c1-11-3-5-12(6-4-11)13(19)18-9-7-15(2,8-10-18)14(16)17-20/h3-6,20H,7-10H2,1-2H3,(H2,16,17). The second-order valence-electron chi connectivity index (χ2n) is 5.70. The Morgan fingerprint density at radius 1 is 1.30 bits per heavy atom. The van der Waals surface area contributed by atoms with Crippen LogP contribution in [0.4, 0.5) is 0 Å². The summed E-state index contributed by atoms with van der Waals surface area (Å²) >= 11 is 0. The van der Waals surface area contributed by atoms with Gasteiger partial charge < -0.3 is 15.8 Å². The van der Waals surface area contributed by atoms with Crippen molar-refractivity contribution in [3.05, 3.63) is 35.4 Å². The number of carbonyl (C=O) groups excluding carboxylic acids is 1. The van der Waals surface area contributed by atoms with Crippen LogP contribution in [0.1, 0.15) is 35.7 Å². The number of oxime groups is 1. The molecule has 0 radical (unpaired) electrons. The Morgan fingerprint density at radius 2 is 1.85 bits per heavy atom. The minimum Gasteiger partial charge on any atom is -0.409 e. The summed E-state index contributed by atoms with van der Waals surface area (Å²) in [5, 5.41) is 11.9. The highest BCUT2D eigenvalue weighted by Crippen LogP contribution is 2.31. The zero-order chi connectivity index (χ0) is 14.8. The normalized spacial score (nSPS) is 18.9. The molecular formula is C15H21N3O2. The number of carbonyl (C=O) groups is 1. The molecule has 2 rings (SSSR count). The van der Waals surface area contributed by atoms with E-state index in [1.165, 1.54) is 0 Å². The van der Waals surface area contributed by atoms with Crippen LogP contribution in [0.25, 0.3) is 0 Å². The van der Waals surface area contributed by atoms with Crippen LogP contribution in [-0.4, -0.2) is 34.9 Å². The van der Waals surface area contributed by atoms with E-state index in [1.54, 1.807) is 0 Å².